The maximum Gasteiger partial charge on any atom is 0.00967 e. The van der Waals surface area contributed by atoms with E-state index >= 15 is 0 Å². The first kappa shape index (κ1) is 17.3. The summed E-state index contributed by atoms with van der Waals surface area (Å²) in [7, 11) is 0. The molecule has 2 aliphatic rings. The molecule has 1 N–H and O–H groups in total. The van der Waals surface area contributed by atoms with E-state index in [4.69, 9.17) is 0 Å². The Morgan fingerprint density at radius 1 is 1.05 bits per heavy atom. The van der Waals surface area contributed by atoms with Gasteiger partial charge in [-0.3, -0.25) is 4.90 Å². The van der Waals surface area contributed by atoms with Crippen LogP contribution < -0.4 is 5.32 Å². The Bertz CT molecular complexity index is 297. The van der Waals surface area contributed by atoms with Gasteiger partial charge in [-0.15, -0.1) is 0 Å². The zero-order chi connectivity index (χ0) is 15.3. The Hall–Kier alpha value is -0.0800. The van der Waals surface area contributed by atoms with E-state index in [2.05, 4.69) is 37.9 Å². The molecule has 2 fully saturated rings. The molecule has 2 heteroatoms. The molecule has 1 saturated carbocycles. The van der Waals surface area contributed by atoms with Crippen LogP contribution in [0.4, 0.5) is 0 Å². The highest BCUT2D eigenvalue weighted by atomic mass is 15.2. The highest BCUT2D eigenvalue weighted by Gasteiger charge is 2.36. The summed E-state index contributed by atoms with van der Waals surface area (Å²) in [5.41, 5.74) is 0.774. The SMILES string of the molecule is CCC1CCCN1CC1(CNC(C)(C)C)CCCCCC1. The van der Waals surface area contributed by atoms with E-state index in [1.165, 1.54) is 77.4 Å². The Balaban J connectivity index is 2.03. The minimum absolute atomic E-state index is 0.245. The predicted octanol–water partition coefficient (Wildman–Crippen LogP) is 4.59. The van der Waals surface area contributed by atoms with E-state index < -0.39 is 0 Å². The molecule has 0 aromatic rings. The Labute approximate surface area is 133 Å². The van der Waals surface area contributed by atoms with Crippen LogP contribution in [0.2, 0.25) is 0 Å². The van der Waals surface area contributed by atoms with Crippen LogP contribution in [0.1, 0.15) is 85.5 Å². The largest absolute Gasteiger partial charge is 0.311 e. The minimum Gasteiger partial charge on any atom is -0.311 e. The molecule has 1 atom stereocenters. The summed E-state index contributed by atoms with van der Waals surface area (Å²) in [5.74, 6) is 0. The smallest absolute Gasteiger partial charge is 0.00967 e. The minimum atomic E-state index is 0.245. The van der Waals surface area contributed by atoms with Crippen LogP contribution in [-0.4, -0.2) is 36.1 Å². The average molecular weight is 295 g/mol. The van der Waals surface area contributed by atoms with Gasteiger partial charge in [0.25, 0.3) is 0 Å². The third-order valence-electron chi connectivity index (χ3n) is 5.67. The second kappa shape index (κ2) is 7.46. The monoisotopic (exact) mass is 294 g/mol. The number of likely N-dealkylation sites (tertiary alicyclic amines) is 1. The summed E-state index contributed by atoms with van der Waals surface area (Å²) < 4.78 is 0. The van der Waals surface area contributed by atoms with Crippen LogP contribution in [0.25, 0.3) is 0 Å². The standard InChI is InChI=1S/C19H38N2/c1-5-17-11-10-14-21(17)16-19(15-20-18(2,3)4)12-8-6-7-9-13-19/h17,20H,5-16H2,1-4H3. The number of nitrogens with zero attached hydrogens (tertiary/aromatic N) is 1. The molecule has 21 heavy (non-hydrogen) atoms. The second-order valence-corrected chi connectivity index (χ2v) is 8.69. The third-order valence-corrected chi connectivity index (χ3v) is 5.67. The predicted molar refractivity (Wildman–Crippen MR) is 92.8 cm³/mol. The normalized spacial score (nSPS) is 27.7. The molecule has 0 aromatic heterocycles. The quantitative estimate of drug-likeness (QED) is 0.746. The van der Waals surface area contributed by atoms with Gasteiger partial charge in [0.2, 0.25) is 0 Å². The fourth-order valence-electron chi connectivity index (χ4n) is 4.32. The molecule has 1 aliphatic heterocycles. The lowest BCUT2D eigenvalue weighted by molar-refractivity contribution is 0.108. The molecular weight excluding hydrogens is 256 g/mol. The molecule has 0 bridgehead atoms. The summed E-state index contributed by atoms with van der Waals surface area (Å²) in [6.07, 6.45) is 12.8. The number of hydrogen-bond acceptors (Lipinski definition) is 2. The maximum atomic E-state index is 3.84. The first-order valence-electron chi connectivity index (χ1n) is 9.43. The van der Waals surface area contributed by atoms with Crippen molar-refractivity contribution in [2.24, 2.45) is 5.41 Å². The highest BCUT2D eigenvalue weighted by Crippen LogP contribution is 2.37. The van der Waals surface area contributed by atoms with Crippen molar-refractivity contribution in [2.45, 2.75) is 97.1 Å². The fraction of sp³-hybridized carbons (Fsp3) is 1.00. The topological polar surface area (TPSA) is 15.3 Å². The van der Waals surface area contributed by atoms with E-state index in [9.17, 15) is 0 Å². The number of rotatable bonds is 5. The molecule has 0 spiro atoms. The van der Waals surface area contributed by atoms with Crippen LogP contribution in [0.3, 0.4) is 0 Å². The van der Waals surface area contributed by atoms with Crippen molar-refractivity contribution in [3.05, 3.63) is 0 Å². The van der Waals surface area contributed by atoms with E-state index in [1.54, 1.807) is 0 Å². The van der Waals surface area contributed by atoms with Gasteiger partial charge in [-0.2, -0.15) is 0 Å². The van der Waals surface area contributed by atoms with Crippen LogP contribution >= 0.6 is 0 Å². The van der Waals surface area contributed by atoms with Gasteiger partial charge in [-0.05, 0) is 64.8 Å². The Morgan fingerprint density at radius 2 is 1.71 bits per heavy atom. The lowest BCUT2D eigenvalue weighted by Crippen LogP contribution is -2.49. The highest BCUT2D eigenvalue weighted by molar-refractivity contribution is 4.92. The van der Waals surface area contributed by atoms with E-state index in [-0.39, 0.29) is 5.54 Å². The molecule has 1 unspecified atom stereocenters. The lowest BCUT2D eigenvalue weighted by atomic mass is 9.78. The van der Waals surface area contributed by atoms with E-state index in [0.29, 0.717) is 5.41 Å². The molecular formula is C19H38N2. The molecule has 2 nitrogen and oxygen atoms in total. The van der Waals surface area contributed by atoms with Gasteiger partial charge in [0, 0.05) is 24.7 Å². The van der Waals surface area contributed by atoms with Crippen molar-refractivity contribution in [2.75, 3.05) is 19.6 Å². The van der Waals surface area contributed by atoms with E-state index in [1.807, 2.05) is 0 Å². The van der Waals surface area contributed by atoms with Crippen molar-refractivity contribution in [1.29, 1.82) is 0 Å². The second-order valence-electron chi connectivity index (χ2n) is 8.69. The van der Waals surface area contributed by atoms with Gasteiger partial charge in [0.05, 0.1) is 0 Å². The molecule has 1 saturated heterocycles. The summed E-state index contributed by atoms with van der Waals surface area (Å²) >= 11 is 0. The number of hydrogen-bond donors (Lipinski definition) is 1. The molecule has 0 amide bonds. The summed E-state index contributed by atoms with van der Waals surface area (Å²) in [4.78, 5) is 2.83. The molecule has 1 heterocycles. The zero-order valence-electron chi connectivity index (χ0n) is 15.0. The Kier molecular flexibility index (Phi) is 6.14. The summed E-state index contributed by atoms with van der Waals surface area (Å²) in [5, 5.41) is 3.84. The first-order valence-corrected chi connectivity index (χ1v) is 9.43. The van der Waals surface area contributed by atoms with Crippen LogP contribution in [0.5, 0.6) is 0 Å². The average Bonchev–Trinajstić information content (AvgIpc) is 2.73. The number of nitrogens with one attached hydrogen (secondary N) is 1. The summed E-state index contributed by atoms with van der Waals surface area (Å²) in [6.45, 7) is 13.2. The van der Waals surface area contributed by atoms with Gasteiger partial charge in [-0.1, -0.05) is 32.6 Å². The van der Waals surface area contributed by atoms with E-state index in [0.717, 1.165) is 6.04 Å². The van der Waals surface area contributed by atoms with Gasteiger partial charge in [-0.25, -0.2) is 0 Å². The summed E-state index contributed by atoms with van der Waals surface area (Å²) in [6, 6.07) is 0.861. The van der Waals surface area contributed by atoms with Crippen LogP contribution in [0.15, 0.2) is 0 Å². The third kappa shape index (κ3) is 5.25. The molecule has 124 valence electrons. The molecule has 1 aliphatic carbocycles. The van der Waals surface area contributed by atoms with Crippen molar-refractivity contribution >= 4 is 0 Å². The fourth-order valence-corrected chi connectivity index (χ4v) is 4.32. The van der Waals surface area contributed by atoms with Crippen molar-refractivity contribution in [3.63, 3.8) is 0 Å². The molecule has 0 aromatic carbocycles. The maximum absolute atomic E-state index is 3.84. The first-order chi connectivity index (χ1) is 9.94. The van der Waals surface area contributed by atoms with Gasteiger partial charge in [0.15, 0.2) is 0 Å². The van der Waals surface area contributed by atoms with Crippen molar-refractivity contribution < 1.29 is 0 Å². The van der Waals surface area contributed by atoms with Crippen LogP contribution in [0, 0.1) is 5.41 Å². The molecule has 2 rings (SSSR count). The van der Waals surface area contributed by atoms with Gasteiger partial charge >= 0.3 is 0 Å². The van der Waals surface area contributed by atoms with Crippen molar-refractivity contribution in [3.8, 4) is 0 Å². The molecule has 0 radical (unpaired) electrons. The van der Waals surface area contributed by atoms with Gasteiger partial charge < -0.3 is 5.32 Å². The van der Waals surface area contributed by atoms with Crippen LogP contribution in [-0.2, 0) is 0 Å². The zero-order valence-corrected chi connectivity index (χ0v) is 15.0. The van der Waals surface area contributed by atoms with Gasteiger partial charge in [0.1, 0.15) is 0 Å². The van der Waals surface area contributed by atoms with Crippen molar-refractivity contribution in [1.82, 2.24) is 10.2 Å². The lowest BCUT2D eigenvalue weighted by Gasteiger charge is -2.41. The Morgan fingerprint density at radius 3 is 2.29 bits per heavy atom.